The van der Waals surface area contributed by atoms with Crippen molar-refractivity contribution in [2.24, 2.45) is 16.8 Å². The van der Waals surface area contributed by atoms with Gasteiger partial charge in [-0.05, 0) is 31.7 Å². The number of carbonyl (C=O) groups excluding carboxylic acids is 2. The number of halogens is 4. The number of nitrogens with one attached hydrogen (secondary N) is 2. The van der Waals surface area contributed by atoms with Crippen LogP contribution in [-0.4, -0.2) is 102 Å². The standard InChI is InChI=1S/C25H40Cl2N6O5.2ClH/c1-19-17-33(20-5-6-21(26)22(27)16-20)31-25(19)30-23(34)4-3-8-29-24(35)18-38-13-10-32(2)9-12-37-15-14-36-11-7-28;;/h5-6,16,19H,3-4,7-15,17-18,28H2,1-2H3,(H,29,35)(H,30,31,34);2*1H. The zero-order chi connectivity index (χ0) is 27.8. The molecule has 0 saturated carbocycles. The molecule has 1 aromatic rings. The second-order valence-corrected chi connectivity index (χ2v) is 9.75. The average molecular weight is 648 g/mol. The molecule has 40 heavy (non-hydrogen) atoms. The van der Waals surface area contributed by atoms with Crippen LogP contribution in [0, 0.1) is 5.92 Å². The highest BCUT2D eigenvalue weighted by Gasteiger charge is 2.25. The first-order valence-corrected chi connectivity index (χ1v) is 13.5. The van der Waals surface area contributed by atoms with E-state index in [2.05, 4.69) is 20.6 Å². The van der Waals surface area contributed by atoms with Gasteiger partial charge < -0.3 is 35.5 Å². The van der Waals surface area contributed by atoms with Crippen LogP contribution in [0.25, 0.3) is 0 Å². The third kappa shape index (κ3) is 15.6. The molecule has 0 fully saturated rings. The second kappa shape index (κ2) is 22.2. The van der Waals surface area contributed by atoms with Crippen molar-refractivity contribution in [2.75, 3.05) is 84.4 Å². The number of anilines is 1. The fraction of sp³-hybridized carbons (Fsp3) is 0.640. The summed E-state index contributed by atoms with van der Waals surface area (Å²) in [5, 5.41) is 12.9. The van der Waals surface area contributed by atoms with Gasteiger partial charge in [0.1, 0.15) is 12.4 Å². The minimum absolute atomic E-state index is 0. The lowest BCUT2D eigenvalue weighted by atomic mass is 10.1. The highest BCUT2D eigenvalue weighted by molar-refractivity contribution is 6.42. The molecule has 1 aliphatic heterocycles. The van der Waals surface area contributed by atoms with E-state index < -0.39 is 0 Å². The number of likely N-dealkylation sites (N-methyl/N-ethyl adjacent to an activating group) is 1. The molecule has 0 radical (unpaired) electrons. The van der Waals surface area contributed by atoms with Gasteiger partial charge in [0.25, 0.3) is 0 Å². The van der Waals surface area contributed by atoms with Crippen LogP contribution < -0.4 is 21.4 Å². The summed E-state index contributed by atoms with van der Waals surface area (Å²) in [6, 6.07) is 5.29. The largest absolute Gasteiger partial charge is 0.378 e. The molecule has 15 heteroatoms. The van der Waals surface area contributed by atoms with E-state index in [0.29, 0.717) is 81.5 Å². The van der Waals surface area contributed by atoms with Crippen molar-refractivity contribution in [3.8, 4) is 0 Å². The van der Waals surface area contributed by atoms with Crippen LogP contribution in [0.4, 0.5) is 5.69 Å². The fourth-order valence-electron chi connectivity index (χ4n) is 3.43. The van der Waals surface area contributed by atoms with Crippen LogP contribution in [-0.2, 0) is 23.8 Å². The lowest BCUT2D eigenvalue weighted by Gasteiger charge is -2.16. The summed E-state index contributed by atoms with van der Waals surface area (Å²) >= 11 is 12.1. The Labute approximate surface area is 259 Å². The van der Waals surface area contributed by atoms with Crippen LogP contribution in [0.15, 0.2) is 23.3 Å². The molecule has 0 spiro atoms. The van der Waals surface area contributed by atoms with E-state index >= 15 is 0 Å². The summed E-state index contributed by atoms with van der Waals surface area (Å²) < 4.78 is 16.2. The highest BCUT2D eigenvalue weighted by atomic mass is 35.5. The Balaban J connectivity index is 0.00000760. The summed E-state index contributed by atoms with van der Waals surface area (Å²) in [6.07, 6.45) is 0.779. The van der Waals surface area contributed by atoms with Crippen LogP contribution in [0.3, 0.4) is 0 Å². The normalized spacial score (nSPS) is 14.4. The van der Waals surface area contributed by atoms with Crippen molar-refractivity contribution in [1.29, 1.82) is 0 Å². The fourth-order valence-corrected chi connectivity index (χ4v) is 3.72. The number of hydrogen-bond donors (Lipinski definition) is 3. The number of benzene rings is 1. The number of hydrogen-bond acceptors (Lipinski definition) is 9. The van der Waals surface area contributed by atoms with E-state index in [0.717, 1.165) is 12.2 Å². The number of nitrogens with zero attached hydrogens (tertiary/aromatic N) is 3. The van der Waals surface area contributed by atoms with Gasteiger partial charge in [0.2, 0.25) is 11.8 Å². The Bertz CT molecular complexity index is 914. The molecule has 2 amide bonds. The molecule has 0 aromatic heterocycles. The molecule has 4 N–H and O–H groups in total. The van der Waals surface area contributed by atoms with Gasteiger partial charge in [-0.15, -0.1) is 24.8 Å². The monoisotopic (exact) mass is 646 g/mol. The molecular formula is C25H42Cl4N6O5. The van der Waals surface area contributed by atoms with E-state index in [1.54, 1.807) is 17.1 Å². The van der Waals surface area contributed by atoms with Gasteiger partial charge in [-0.2, -0.15) is 5.10 Å². The quantitative estimate of drug-likeness (QED) is 0.207. The van der Waals surface area contributed by atoms with E-state index in [9.17, 15) is 9.59 Å². The van der Waals surface area contributed by atoms with E-state index in [4.69, 9.17) is 43.1 Å². The van der Waals surface area contributed by atoms with Gasteiger partial charge in [0, 0.05) is 38.5 Å². The Kier molecular flexibility index (Phi) is 21.4. The summed E-state index contributed by atoms with van der Waals surface area (Å²) in [4.78, 5) is 26.4. The minimum Gasteiger partial charge on any atom is -0.378 e. The molecule has 0 bridgehead atoms. The topological polar surface area (TPSA) is 131 Å². The predicted octanol–water partition coefficient (Wildman–Crippen LogP) is 2.56. The SMILES string of the molecule is CC1CN(c2ccc(Cl)c(Cl)c2)N=C1NC(=O)CCCNC(=O)COCCN(C)CCOCCOCCN.Cl.Cl. The predicted molar refractivity (Wildman–Crippen MR) is 164 cm³/mol. The molecule has 11 nitrogen and oxygen atoms in total. The zero-order valence-electron chi connectivity index (χ0n) is 23.0. The Morgan fingerprint density at radius 3 is 2.40 bits per heavy atom. The molecule has 0 aliphatic carbocycles. The van der Waals surface area contributed by atoms with Crippen LogP contribution in [0.1, 0.15) is 19.8 Å². The summed E-state index contributed by atoms with van der Waals surface area (Å²) in [5.41, 5.74) is 6.15. The van der Waals surface area contributed by atoms with Gasteiger partial charge in [-0.3, -0.25) is 14.6 Å². The van der Waals surface area contributed by atoms with E-state index in [1.165, 1.54) is 0 Å². The highest BCUT2D eigenvalue weighted by Crippen LogP contribution is 2.29. The number of ether oxygens (including phenoxy) is 3. The molecule has 230 valence electrons. The second-order valence-electron chi connectivity index (χ2n) is 8.94. The molecular weight excluding hydrogens is 606 g/mol. The molecule has 1 aliphatic rings. The Morgan fingerprint density at radius 2 is 1.73 bits per heavy atom. The molecule has 1 aromatic carbocycles. The van der Waals surface area contributed by atoms with Crippen LogP contribution in [0.5, 0.6) is 0 Å². The first-order chi connectivity index (χ1) is 18.3. The number of nitrogens with two attached hydrogens (primary N) is 1. The Morgan fingerprint density at radius 1 is 1.05 bits per heavy atom. The lowest BCUT2D eigenvalue weighted by Crippen LogP contribution is -2.34. The number of rotatable bonds is 18. The smallest absolute Gasteiger partial charge is 0.245 e. The van der Waals surface area contributed by atoms with E-state index in [1.807, 2.05) is 20.0 Å². The molecule has 1 unspecified atom stereocenters. The van der Waals surface area contributed by atoms with Gasteiger partial charge in [-0.25, -0.2) is 0 Å². The van der Waals surface area contributed by atoms with Gasteiger partial charge in [0.15, 0.2) is 0 Å². The molecule has 1 atom stereocenters. The lowest BCUT2D eigenvalue weighted by molar-refractivity contribution is -0.126. The molecule has 0 saturated heterocycles. The van der Waals surface area contributed by atoms with Gasteiger partial charge in [-0.1, -0.05) is 30.1 Å². The van der Waals surface area contributed by atoms with Crippen molar-refractivity contribution >= 4 is 71.4 Å². The van der Waals surface area contributed by atoms with Crippen LogP contribution >= 0.6 is 48.0 Å². The third-order valence-corrected chi connectivity index (χ3v) is 6.35. The Hall–Kier alpha value is -1.41. The first kappa shape index (κ1) is 38.6. The maximum Gasteiger partial charge on any atom is 0.245 e. The van der Waals surface area contributed by atoms with Gasteiger partial charge >= 0.3 is 0 Å². The van der Waals surface area contributed by atoms with Crippen molar-refractivity contribution in [3.63, 3.8) is 0 Å². The number of amidine groups is 1. The average Bonchev–Trinajstić information content (AvgIpc) is 3.25. The first-order valence-electron chi connectivity index (χ1n) is 12.8. The maximum absolute atomic E-state index is 12.3. The summed E-state index contributed by atoms with van der Waals surface area (Å²) in [6.45, 7) is 7.59. The van der Waals surface area contributed by atoms with Crippen molar-refractivity contribution < 1.29 is 23.8 Å². The van der Waals surface area contributed by atoms with Crippen LogP contribution in [0.2, 0.25) is 10.0 Å². The number of carbonyl (C=O) groups is 2. The number of amides is 2. The molecule has 2 rings (SSSR count). The van der Waals surface area contributed by atoms with Crippen molar-refractivity contribution in [2.45, 2.75) is 19.8 Å². The third-order valence-electron chi connectivity index (χ3n) is 5.62. The zero-order valence-corrected chi connectivity index (χ0v) is 26.2. The summed E-state index contributed by atoms with van der Waals surface area (Å²) in [7, 11) is 1.96. The maximum atomic E-state index is 12.3. The minimum atomic E-state index is -0.208. The van der Waals surface area contributed by atoms with E-state index in [-0.39, 0.29) is 55.6 Å². The number of hydrazone groups is 1. The van der Waals surface area contributed by atoms with Crippen molar-refractivity contribution in [3.05, 3.63) is 28.2 Å². The summed E-state index contributed by atoms with van der Waals surface area (Å²) in [5.74, 6) is 0.302. The van der Waals surface area contributed by atoms with Crippen molar-refractivity contribution in [1.82, 2.24) is 15.5 Å². The molecule has 1 heterocycles. The van der Waals surface area contributed by atoms with Gasteiger partial charge in [0.05, 0.1) is 55.3 Å².